The molecule has 1 N–H and O–H groups in total. The van der Waals surface area contributed by atoms with Gasteiger partial charge in [-0.05, 0) is 37.0 Å². The SMILES string of the molecule is CCCCCCCCc1ccc(OCCCC(=O)O)cc1. The Morgan fingerprint density at radius 3 is 2.33 bits per heavy atom. The fourth-order valence-electron chi connectivity index (χ4n) is 2.28. The molecule has 0 bridgehead atoms. The van der Waals surface area contributed by atoms with E-state index in [2.05, 4.69) is 19.1 Å². The minimum atomic E-state index is -0.770. The van der Waals surface area contributed by atoms with Crippen molar-refractivity contribution in [2.75, 3.05) is 6.61 Å². The zero-order valence-electron chi connectivity index (χ0n) is 13.1. The van der Waals surface area contributed by atoms with Crippen molar-refractivity contribution in [1.82, 2.24) is 0 Å². The first-order valence-electron chi connectivity index (χ1n) is 8.16. The number of hydrogen-bond donors (Lipinski definition) is 1. The predicted molar refractivity (Wildman–Crippen MR) is 85.9 cm³/mol. The van der Waals surface area contributed by atoms with Crippen LogP contribution in [0.5, 0.6) is 5.75 Å². The van der Waals surface area contributed by atoms with Gasteiger partial charge in [0.2, 0.25) is 0 Å². The molecule has 0 aromatic heterocycles. The summed E-state index contributed by atoms with van der Waals surface area (Å²) in [4.78, 5) is 10.4. The number of rotatable bonds is 12. The van der Waals surface area contributed by atoms with Crippen LogP contribution in [0, 0.1) is 0 Å². The predicted octanol–water partition coefficient (Wildman–Crippen LogP) is 4.83. The van der Waals surface area contributed by atoms with Gasteiger partial charge in [-0.2, -0.15) is 0 Å². The number of carboxylic acids is 1. The average Bonchev–Trinajstić information content (AvgIpc) is 2.48. The Labute approximate surface area is 128 Å². The van der Waals surface area contributed by atoms with E-state index in [1.165, 1.54) is 44.1 Å². The third-order valence-corrected chi connectivity index (χ3v) is 3.55. The number of ether oxygens (including phenoxy) is 1. The molecule has 0 heterocycles. The highest BCUT2D eigenvalue weighted by molar-refractivity contribution is 5.66. The lowest BCUT2D eigenvalue weighted by atomic mass is 10.0. The number of aliphatic carboxylic acids is 1. The van der Waals surface area contributed by atoms with Crippen molar-refractivity contribution in [3.05, 3.63) is 29.8 Å². The summed E-state index contributed by atoms with van der Waals surface area (Å²) in [6.07, 6.45) is 9.77. The maximum atomic E-state index is 10.4. The van der Waals surface area contributed by atoms with Gasteiger partial charge in [0.15, 0.2) is 0 Å². The van der Waals surface area contributed by atoms with E-state index in [1.54, 1.807) is 0 Å². The van der Waals surface area contributed by atoms with Crippen molar-refractivity contribution in [1.29, 1.82) is 0 Å². The lowest BCUT2D eigenvalue weighted by Gasteiger charge is -2.07. The topological polar surface area (TPSA) is 46.5 Å². The highest BCUT2D eigenvalue weighted by Gasteiger charge is 1.99. The number of aryl methyl sites for hydroxylation is 1. The normalized spacial score (nSPS) is 10.5. The van der Waals surface area contributed by atoms with Gasteiger partial charge in [-0.25, -0.2) is 0 Å². The van der Waals surface area contributed by atoms with E-state index in [4.69, 9.17) is 9.84 Å². The molecule has 1 rings (SSSR count). The second kappa shape index (κ2) is 11.2. The Morgan fingerprint density at radius 2 is 1.67 bits per heavy atom. The van der Waals surface area contributed by atoms with Crippen LogP contribution in [0.4, 0.5) is 0 Å². The zero-order chi connectivity index (χ0) is 15.3. The monoisotopic (exact) mass is 292 g/mol. The van der Waals surface area contributed by atoms with Crippen LogP contribution >= 0.6 is 0 Å². The summed E-state index contributed by atoms with van der Waals surface area (Å²) in [6, 6.07) is 8.18. The summed E-state index contributed by atoms with van der Waals surface area (Å²) in [5, 5.41) is 8.54. The Kier molecular flexibility index (Phi) is 9.34. The summed E-state index contributed by atoms with van der Waals surface area (Å²) in [5.74, 6) is 0.0555. The smallest absolute Gasteiger partial charge is 0.303 e. The fraction of sp³-hybridized carbons (Fsp3) is 0.611. The number of benzene rings is 1. The van der Waals surface area contributed by atoms with Gasteiger partial charge in [0.05, 0.1) is 6.61 Å². The first-order chi connectivity index (χ1) is 10.2. The molecule has 0 spiro atoms. The van der Waals surface area contributed by atoms with E-state index in [9.17, 15) is 4.79 Å². The van der Waals surface area contributed by atoms with Crippen LogP contribution < -0.4 is 4.74 Å². The van der Waals surface area contributed by atoms with Crippen molar-refractivity contribution in [2.24, 2.45) is 0 Å². The summed E-state index contributed by atoms with van der Waals surface area (Å²) >= 11 is 0. The molecule has 21 heavy (non-hydrogen) atoms. The van der Waals surface area contributed by atoms with Crippen molar-refractivity contribution in [2.45, 2.75) is 64.7 Å². The fourth-order valence-corrected chi connectivity index (χ4v) is 2.28. The molecule has 0 fully saturated rings. The van der Waals surface area contributed by atoms with Gasteiger partial charge in [0, 0.05) is 6.42 Å². The molecule has 1 aromatic rings. The van der Waals surface area contributed by atoms with Crippen molar-refractivity contribution in [3.8, 4) is 5.75 Å². The third kappa shape index (κ3) is 9.11. The first kappa shape index (κ1) is 17.5. The van der Waals surface area contributed by atoms with Gasteiger partial charge in [0.1, 0.15) is 5.75 Å². The highest BCUT2D eigenvalue weighted by Crippen LogP contribution is 2.15. The number of hydrogen-bond acceptors (Lipinski definition) is 2. The van der Waals surface area contributed by atoms with Gasteiger partial charge in [-0.1, -0.05) is 51.2 Å². The molecule has 0 amide bonds. The molecule has 0 aliphatic heterocycles. The largest absolute Gasteiger partial charge is 0.494 e. The standard InChI is InChI=1S/C18H28O3/c1-2-3-4-5-6-7-9-16-11-13-17(14-12-16)21-15-8-10-18(19)20/h11-14H,2-10,15H2,1H3,(H,19,20). The highest BCUT2D eigenvalue weighted by atomic mass is 16.5. The number of carbonyl (C=O) groups is 1. The Hall–Kier alpha value is -1.51. The van der Waals surface area contributed by atoms with Gasteiger partial charge in [-0.3, -0.25) is 4.79 Å². The molecule has 0 unspecified atom stereocenters. The van der Waals surface area contributed by atoms with E-state index in [0.717, 1.165) is 12.2 Å². The van der Waals surface area contributed by atoms with Crippen LogP contribution in [-0.2, 0) is 11.2 Å². The maximum absolute atomic E-state index is 10.4. The molecule has 0 atom stereocenters. The molecule has 0 radical (unpaired) electrons. The lowest BCUT2D eigenvalue weighted by molar-refractivity contribution is -0.137. The van der Waals surface area contributed by atoms with Crippen molar-refractivity contribution in [3.63, 3.8) is 0 Å². The van der Waals surface area contributed by atoms with Gasteiger partial charge in [0.25, 0.3) is 0 Å². The molecular weight excluding hydrogens is 264 g/mol. The number of unbranched alkanes of at least 4 members (excludes halogenated alkanes) is 5. The Bertz CT molecular complexity index is 384. The van der Waals surface area contributed by atoms with Gasteiger partial charge < -0.3 is 9.84 Å². The molecule has 3 nitrogen and oxygen atoms in total. The summed E-state index contributed by atoms with van der Waals surface area (Å²) < 4.78 is 5.52. The minimum Gasteiger partial charge on any atom is -0.494 e. The second-order valence-electron chi connectivity index (χ2n) is 5.51. The van der Waals surface area contributed by atoms with Crippen molar-refractivity contribution < 1.29 is 14.6 Å². The van der Waals surface area contributed by atoms with E-state index < -0.39 is 5.97 Å². The quantitative estimate of drug-likeness (QED) is 0.561. The molecular formula is C18H28O3. The third-order valence-electron chi connectivity index (χ3n) is 3.55. The van der Waals surface area contributed by atoms with E-state index in [-0.39, 0.29) is 6.42 Å². The zero-order valence-corrected chi connectivity index (χ0v) is 13.1. The van der Waals surface area contributed by atoms with Crippen LogP contribution in [0.25, 0.3) is 0 Å². The van der Waals surface area contributed by atoms with E-state index in [0.29, 0.717) is 13.0 Å². The molecule has 0 saturated heterocycles. The Balaban J connectivity index is 2.13. The van der Waals surface area contributed by atoms with Crippen LogP contribution in [0.3, 0.4) is 0 Å². The minimum absolute atomic E-state index is 0.163. The molecule has 0 aliphatic rings. The Morgan fingerprint density at radius 1 is 1.00 bits per heavy atom. The van der Waals surface area contributed by atoms with Crippen LogP contribution in [0.2, 0.25) is 0 Å². The van der Waals surface area contributed by atoms with Gasteiger partial charge in [-0.15, -0.1) is 0 Å². The second-order valence-corrected chi connectivity index (χ2v) is 5.51. The summed E-state index contributed by atoms with van der Waals surface area (Å²) in [5.41, 5.74) is 1.35. The molecule has 0 aliphatic carbocycles. The molecule has 3 heteroatoms. The summed E-state index contributed by atoms with van der Waals surface area (Å²) in [6.45, 7) is 2.70. The first-order valence-corrected chi connectivity index (χ1v) is 8.16. The van der Waals surface area contributed by atoms with Crippen LogP contribution in [0.1, 0.15) is 63.9 Å². The van der Waals surface area contributed by atoms with E-state index in [1.807, 2.05) is 12.1 Å². The molecule has 0 saturated carbocycles. The van der Waals surface area contributed by atoms with Gasteiger partial charge >= 0.3 is 5.97 Å². The van der Waals surface area contributed by atoms with E-state index >= 15 is 0 Å². The van der Waals surface area contributed by atoms with Crippen LogP contribution in [0.15, 0.2) is 24.3 Å². The molecule has 118 valence electrons. The number of carboxylic acid groups (broad SMARTS) is 1. The molecule has 1 aromatic carbocycles. The van der Waals surface area contributed by atoms with Crippen LogP contribution in [-0.4, -0.2) is 17.7 Å². The maximum Gasteiger partial charge on any atom is 0.303 e. The lowest BCUT2D eigenvalue weighted by Crippen LogP contribution is -2.02. The summed E-state index contributed by atoms with van der Waals surface area (Å²) in [7, 11) is 0. The average molecular weight is 292 g/mol. The van der Waals surface area contributed by atoms with Crippen molar-refractivity contribution >= 4 is 5.97 Å².